The molecule has 1 saturated heterocycles. The van der Waals surface area contributed by atoms with E-state index in [2.05, 4.69) is 47.6 Å². The summed E-state index contributed by atoms with van der Waals surface area (Å²) in [7, 11) is 2.25. The van der Waals surface area contributed by atoms with Gasteiger partial charge in [-0.2, -0.15) is 0 Å². The van der Waals surface area contributed by atoms with E-state index in [-0.39, 0.29) is 0 Å². The summed E-state index contributed by atoms with van der Waals surface area (Å²) in [4.78, 5) is 2.47. The number of nitrogens with zero attached hydrogens (tertiary/aromatic N) is 1. The second-order valence-corrected chi connectivity index (χ2v) is 5.70. The van der Waals surface area contributed by atoms with Crippen molar-refractivity contribution in [2.45, 2.75) is 37.3 Å². The van der Waals surface area contributed by atoms with Crippen molar-refractivity contribution in [1.29, 1.82) is 0 Å². The van der Waals surface area contributed by atoms with Crippen LogP contribution in [0.25, 0.3) is 0 Å². The van der Waals surface area contributed by atoms with Crippen molar-refractivity contribution in [3.63, 3.8) is 0 Å². The highest BCUT2D eigenvalue weighted by Gasteiger charge is 2.30. The summed E-state index contributed by atoms with van der Waals surface area (Å²) in [6, 6.07) is 12.5. The Bertz CT molecular complexity index is 356. The van der Waals surface area contributed by atoms with E-state index in [1.54, 1.807) is 0 Å². The molecule has 1 aliphatic heterocycles. The van der Waals surface area contributed by atoms with Crippen LogP contribution in [0.4, 0.5) is 0 Å². The van der Waals surface area contributed by atoms with Gasteiger partial charge in [0, 0.05) is 25.2 Å². The standard InChI is InChI=1S/C15H22N2/c1-17-10-13(12-5-3-2-4-6-12)9-15(11-17)16-14-7-8-14/h2-6,13-16H,7-11H2,1H3. The van der Waals surface area contributed by atoms with Crippen molar-refractivity contribution in [3.8, 4) is 0 Å². The monoisotopic (exact) mass is 230 g/mol. The van der Waals surface area contributed by atoms with Crippen molar-refractivity contribution in [1.82, 2.24) is 10.2 Å². The largest absolute Gasteiger partial charge is 0.310 e. The van der Waals surface area contributed by atoms with E-state index >= 15 is 0 Å². The first kappa shape index (κ1) is 11.2. The zero-order valence-corrected chi connectivity index (χ0v) is 10.6. The lowest BCUT2D eigenvalue weighted by Gasteiger charge is -2.36. The maximum atomic E-state index is 3.78. The van der Waals surface area contributed by atoms with Gasteiger partial charge in [-0.25, -0.2) is 0 Å². The van der Waals surface area contributed by atoms with Crippen molar-refractivity contribution in [2.24, 2.45) is 0 Å². The van der Waals surface area contributed by atoms with Gasteiger partial charge in [0.1, 0.15) is 0 Å². The number of benzene rings is 1. The van der Waals surface area contributed by atoms with Gasteiger partial charge in [0.05, 0.1) is 0 Å². The third-order valence-electron chi connectivity index (χ3n) is 3.95. The maximum absolute atomic E-state index is 3.78. The molecule has 0 spiro atoms. The molecule has 3 rings (SSSR count). The Labute approximate surface area is 104 Å². The second kappa shape index (κ2) is 4.79. The minimum absolute atomic E-state index is 0.687. The van der Waals surface area contributed by atoms with Gasteiger partial charge in [0.25, 0.3) is 0 Å². The van der Waals surface area contributed by atoms with Gasteiger partial charge >= 0.3 is 0 Å². The molecule has 1 N–H and O–H groups in total. The Kier molecular flexibility index (Phi) is 3.17. The van der Waals surface area contributed by atoms with E-state index in [1.165, 1.54) is 37.9 Å². The van der Waals surface area contributed by atoms with Crippen LogP contribution in [-0.2, 0) is 0 Å². The lowest BCUT2D eigenvalue weighted by atomic mass is 9.88. The summed E-state index contributed by atoms with van der Waals surface area (Å²) in [6.45, 7) is 2.41. The van der Waals surface area contributed by atoms with Crippen LogP contribution in [0.5, 0.6) is 0 Å². The number of hydrogen-bond acceptors (Lipinski definition) is 2. The molecule has 2 fully saturated rings. The van der Waals surface area contributed by atoms with E-state index in [0.717, 1.165) is 6.04 Å². The molecule has 2 heteroatoms. The fourth-order valence-electron chi connectivity index (χ4n) is 2.99. The fourth-order valence-corrected chi connectivity index (χ4v) is 2.99. The average Bonchev–Trinajstić information content (AvgIpc) is 3.13. The van der Waals surface area contributed by atoms with E-state index in [4.69, 9.17) is 0 Å². The molecule has 1 saturated carbocycles. The topological polar surface area (TPSA) is 15.3 Å². The van der Waals surface area contributed by atoms with Crippen LogP contribution in [0.3, 0.4) is 0 Å². The molecule has 2 aliphatic rings. The van der Waals surface area contributed by atoms with Crippen LogP contribution in [0.15, 0.2) is 30.3 Å². The van der Waals surface area contributed by atoms with E-state index in [9.17, 15) is 0 Å². The van der Waals surface area contributed by atoms with Gasteiger partial charge in [-0.3, -0.25) is 0 Å². The molecular weight excluding hydrogens is 208 g/mol. The highest BCUT2D eigenvalue weighted by molar-refractivity contribution is 5.21. The van der Waals surface area contributed by atoms with Crippen molar-refractivity contribution in [3.05, 3.63) is 35.9 Å². The Hall–Kier alpha value is -0.860. The molecule has 2 unspecified atom stereocenters. The molecule has 2 nitrogen and oxygen atoms in total. The van der Waals surface area contributed by atoms with Gasteiger partial charge in [-0.15, -0.1) is 0 Å². The molecule has 2 atom stereocenters. The zero-order valence-electron chi connectivity index (χ0n) is 10.6. The van der Waals surface area contributed by atoms with Gasteiger partial charge in [-0.1, -0.05) is 30.3 Å². The van der Waals surface area contributed by atoms with E-state index in [0.29, 0.717) is 12.0 Å². The summed E-state index contributed by atoms with van der Waals surface area (Å²) in [5.41, 5.74) is 1.50. The summed E-state index contributed by atoms with van der Waals surface area (Å²) < 4.78 is 0. The number of nitrogens with one attached hydrogen (secondary N) is 1. The van der Waals surface area contributed by atoms with Crippen LogP contribution in [0, 0.1) is 0 Å². The Morgan fingerprint density at radius 3 is 2.53 bits per heavy atom. The molecule has 17 heavy (non-hydrogen) atoms. The number of hydrogen-bond donors (Lipinski definition) is 1. The Balaban J connectivity index is 1.67. The highest BCUT2D eigenvalue weighted by Crippen LogP contribution is 2.28. The molecule has 1 aromatic carbocycles. The van der Waals surface area contributed by atoms with Crippen LogP contribution >= 0.6 is 0 Å². The second-order valence-electron chi connectivity index (χ2n) is 5.70. The third kappa shape index (κ3) is 2.88. The van der Waals surface area contributed by atoms with Gasteiger partial charge in [0.15, 0.2) is 0 Å². The SMILES string of the molecule is CN1CC(NC2CC2)CC(c2ccccc2)C1. The normalized spacial score (nSPS) is 30.4. The number of likely N-dealkylation sites (tertiary alicyclic amines) is 1. The van der Waals surface area contributed by atoms with Crippen molar-refractivity contribution < 1.29 is 0 Å². The predicted molar refractivity (Wildman–Crippen MR) is 71.2 cm³/mol. The smallest absolute Gasteiger partial charge is 0.0203 e. The molecule has 1 aliphatic carbocycles. The number of likely N-dealkylation sites (N-methyl/N-ethyl adjacent to an activating group) is 1. The molecule has 1 heterocycles. The quantitative estimate of drug-likeness (QED) is 0.856. The molecule has 0 bridgehead atoms. The summed E-state index contributed by atoms with van der Waals surface area (Å²) in [5, 5.41) is 3.78. The van der Waals surface area contributed by atoms with Crippen LogP contribution in [0.1, 0.15) is 30.7 Å². The lowest BCUT2D eigenvalue weighted by molar-refractivity contribution is 0.203. The maximum Gasteiger partial charge on any atom is 0.0203 e. The first-order valence-electron chi connectivity index (χ1n) is 6.81. The molecule has 1 aromatic rings. The molecule has 0 aromatic heterocycles. The van der Waals surface area contributed by atoms with Crippen molar-refractivity contribution in [2.75, 3.05) is 20.1 Å². The van der Waals surface area contributed by atoms with Crippen LogP contribution in [0.2, 0.25) is 0 Å². The third-order valence-corrected chi connectivity index (χ3v) is 3.95. The number of rotatable bonds is 3. The van der Waals surface area contributed by atoms with E-state index < -0.39 is 0 Å². The predicted octanol–water partition coefficient (Wildman–Crippen LogP) is 2.23. The molecule has 0 amide bonds. The Morgan fingerprint density at radius 1 is 1.06 bits per heavy atom. The lowest BCUT2D eigenvalue weighted by Crippen LogP contribution is -2.47. The summed E-state index contributed by atoms with van der Waals surface area (Å²) in [5.74, 6) is 0.700. The van der Waals surface area contributed by atoms with Gasteiger partial charge in [0.2, 0.25) is 0 Å². The zero-order chi connectivity index (χ0) is 11.7. The summed E-state index contributed by atoms with van der Waals surface area (Å²) >= 11 is 0. The van der Waals surface area contributed by atoms with Crippen molar-refractivity contribution >= 4 is 0 Å². The van der Waals surface area contributed by atoms with Crippen LogP contribution < -0.4 is 5.32 Å². The Morgan fingerprint density at radius 2 is 1.82 bits per heavy atom. The molecular formula is C15H22N2. The summed E-state index contributed by atoms with van der Waals surface area (Å²) in [6.07, 6.45) is 4.07. The highest BCUT2D eigenvalue weighted by atomic mass is 15.2. The first-order valence-corrected chi connectivity index (χ1v) is 6.81. The molecule has 0 radical (unpaired) electrons. The van der Waals surface area contributed by atoms with Crippen LogP contribution in [-0.4, -0.2) is 37.1 Å². The van der Waals surface area contributed by atoms with E-state index in [1.807, 2.05) is 0 Å². The average molecular weight is 230 g/mol. The van der Waals surface area contributed by atoms with Gasteiger partial charge in [-0.05, 0) is 37.8 Å². The minimum Gasteiger partial charge on any atom is -0.310 e. The van der Waals surface area contributed by atoms with Gasteiger partial charge < -0.3 is 10.2 Å². The number of piperidine rings is 1. The molecule has 92 valence electrons. The first-order chi connectivity index (χ1) is 8.31. The minimum atomic E-state index is 0.687. The fraction of sp³-hybridized carbons (Fsp3) is 0.600.